The molecule has 4 atom stereocenters. The fourth-order valence-electron chi connectivity index (χ4n) is 4.25. The van der Waals surface area contributed by atoms with E-state index in [-0.39, 0.29) is 23.9 Å². The van der Waals surface area contributed by atoms with Crippen LogP contribution in [0.1, 0.15) is 51.1 Å². The minimum absolute atomic E-state index is 0.0417. The molecule has 4 heterocycles. The first kappa shape index (κ1) is 27.2. The third-order valence-corrected chi connectivity index (χ3v) is 8.20. The highest BCUT2D eigenvalue weighted by Gasteiger charge is 2.36. The second kappa shape index (κ2) is 11.7. The molecular weight excluding hydrogens is 522 g/mol. The molecule has 0 bridgehead atoms. The van der Waals surface area contributed by atoms with Crippen molar-refractivity contribution in [3.05, 3.63) is 41.4 Å². The summed E-state index contributed by atoms with van der Waals surface area (Å²) in [6.45, 7) is 4.09. The summed E-state index contributed by atoms with van der Waals surface area (Å²) in [7, 11) is -1.13. The molecule has 0 radical (unpaired) electrons. The van der Waals surface area contributed by atoms with Crippen LogP contribution >= 0.6 is 11.6 Å². The van der Waals surface area contributed by atoms with Crippen molar-refractivity contribution in [1.29, 1.82) is 0 Å². The number of hydrogen-bond donors (Lipinski definition) is 1. The number of hydrogen-bond acceptors (Lipinski definition) is 10. The summed E-state index contributed by atoms with van der Waals surface area (Å²) < 4.78 is 48.1. The number of aromatic nitrogens is 6. The zero-order chi connectivity index (χ0) is 26.6. The summed E-state index contributed by atoms with van der Waals surface area (Å²) in [6.07, 6.45) is 4.49. The maximum atomic E-state index is 13.5. The molecule has 0 unspecified atom stereocenters. The van der Waals surface area contributed by atoms with Crippen LogP contribution in [0, 0.1) is 0 Å². The van der Waals surface area contributed by atoms with E-state index < -0.39 is 21.4 Å². The first-order chi connectivity index (χ1) is 17.7. The van der Waals surface area contributed by atoms with E-state index in [2.05, 4.69) is 29.9 Å². The van der Waals surface area contributed by atoms with E-state index in [1.54, 1.807) is 22.8 Å². The normalized spacial score (nSPS) is 18.7. The Labute approximate surface area is 220 Å². The van der Waals surface area contributed by atoms with Crippen molar-refractivity contribution < 1.29 is 22.6 Å². The summed E-state index contributed by atoms with van der Waals surface area (Å²) in [5.41, 5.74) is 0.484. The van der Waals surface area contributed by atoms with Gasteiger partial charge in [0.05, 0.1) is 24.3 Å². The third kappa shape index (κ3) is 6.00. The Morgan fingerprint density at radius 2 is 1.92 bits per heavy atom. The Morgan fingerprint density at radius 3 is 2.57 bits per heavy atom. The number of nitrogens with zero attached hydrogens (tertiary/aromatic N) is 6. The molecule has 37 heavy (non-hydrogen) atoms. The lowest BCUT2D eigenvalue weighted by Gasteiger charge is -2.30. The number of ether oxygens (including phenoxy) is 3. The molecule has 3 aromatic rings. The van der Waals surface area contributed by atoms with E-state index in [9.17, 15) is 8.42 Å². The van der Waals surface area contributed by atoms with Gasteiger partial charge < -0.3 is 14.2 Å². The van der Waals surface area contributed by atoms with Gasteiger partial charge in [0.1, 0.15) is 17.0 Å². The monoisotopic (exact) mass is 551 g/mol. The zero-order valence-electron chi connectivity index (χ0n) is 21.0. The number of methoxy groups -OCH3 is 2. The fourth-order valence-corrected chi connectivity index (χ4v) is 5.48. The van der Waals surface area contributed by atoms with E-state index in [4.69, 9.17) is 25.8 Å². The Bertz CT molecular complexity index is 1300. The van der Waals surface area contributed by atoms with E-state index in [1.807, 2.05) is 6.92 Å². The molecule has 0 spiro atoms. The van der Waals surface area contributed by atoms with Crippen molar-refractivity contribution in [1.82, 2.24) is 29.7 Å². The third-order valence-electron chi connectivity index (χ3n) is 6.32. The van der Waals surface area contributed by atoms with Crippen LogP contribution in [-0.4, -0.2) is 70.3 Å². The maximum Gasteiger partial charge on any atom is 0.240 e. The van der Waals surface area contributed by atoms with Crippen molar-refractivity contribution in [2.75, 3.05) is 25.5 Å². The Hall–Kier alpha value is -2.87. The van der Waals surface area contributed by atoms with Crippen LogP contribution in [0.4, 0.5) is 5.95 Å². The van der Waals surface area contributed by atoms with Crippen LogP contribution in [0.5, 0.6) is 5.88 Å². The molecule has 0 amide bonds. The SMILES string of the molecule is COc1cccc(-c2nnc(NS(=O)(=O)[C@@H](C)[C@H](OC)c3ncc(Cl)cn3)n2[C@H](C)[C@H]2CCCCO2)n1. The molecule has 3 aromatic heterocycles. The zero-order valence-corrected chi connectivity index (χ0v) is 22.6. The Balaban J connectivity index is 1.70. The number of halogens is 1. The molecule has 1 fully saturated rings. The average molecular weight is 552 g/mol. The van der Waals surface area contributed by atoms with Crippen molar-refractivity contribution in [3.8, 4) is 17.4 Å². The summed E-state index contributed by atoms with van der Waals surface area (Å²) >= 11 is 5.88. The lowest BCUT2D eigenvalue weighted by atomic mass is 10.0. The van der Waals surface area contributed by atoms with Crippen LogP contribution in [0.3, 0.4) is 0 Å². The van der Waals surface area contributed by atoms with Crippen molar-refractivity contribution in [3.63, 3.8) is 0 Å². The average Bonchev–Trinajstić information content (AvgIpc) is 3.32. The van der Waals surface area contributed by atoms with Gasteiger partial charge in [0, 0.05) is 32.2 Å². The van der Waals surface area contributed by atoms with Crippen LogP contribution in [0.15, 0.2) is 30.6 Å². The lowest BCUT2D eigenvalue weighted by molar-refractivity contribution is -0.0116. The Morgan fingerprint density at radius 1 is 1.16 bits per heavy atom. The molecular formula is C23H30ClN7O5S. The van der Waals surface area contributed by atoms with Gasteiger partial charge in [-0.2, -0.15) is 0 Å². The standard InChI is InChI=1S/C23H30ClN7O5S/c1-14(18-9-5-6-11-36-18)31-22(17-8-7-10-19(27-17)34-3)28-29-23(31)30-37(32,33)15(2)20(35-4)21-25-12-16(24)13-26-21/h7-8,10,12-15,18,20H,5-6,9,11H2,1-4H3,(H,29,30)/t14-,15+,18-,20+/m1/s1. The number of sulfonamides is 1. The van der Waals surface area contributed by atoms with Gasteiger partial charge in [-0.1, -0.05) is 17.7 Å². The van der Waals surface area contributed by atoms with Gasteiger partial charge in [-0.05, 0) is 39.2 Å². The van der Waals surface area contributed by atoms with Crippen molar-refractivity contribution >= 4 is 27.6 Å². The summed E-state index contributed by atoms with van der Waals surface area (Å²) in [6, 6.07) is 4.97. The van der Waals surface area contributed by atoms with Crippen LogP contribution in [0.25, 0.3) is 11.5 Å². The molecule has 4 rings (SSSR count). The Kier molecular flexibility index (Phi) is 8.57. The van der Waals surface area contributed by atoms with E-state index >= 15 is 0 Å². The van der Waals surface area contributed by atoms with E-state index in [1.165, 1.54) is 33.5 Å². The molecule has 0 saturated carbocycles. The van der Waals surface area contributed by atoms with Gasteiger partial charge in [0.2, 0.25) is 21.9 Å². The van der Waals surface area contributed by atoms with Crippen LogP contribution < -0.4 is 9.46 Å². The van der Waals surface area contributed by atoms with Gasteiger partial charge in [0.25, 0.3) is 0 Å². The van der Waals surface area contributed by atoms with Gasteiger partial charge in [0.15, 0.2) is 11.6 Å². The second-order valence-electron chi connectivity index (χ2n) is 8.70. The molecule has 1 saturated heterocycles. The summed E-state index contributed by atoms with van der Waals surface area (Å²) in [5.74, 6) is 1.02. The van der Waals surface area contributed by atoms with Crippen LogP contribution in [0.2, 0.25) is 5.02 Å². The van der Waals surface area contributed by atoms with Gasteiger partial charge in [-0.3, -0.25) is 9.29 Å². The molecule has 0 aliphatic carbocycles. The van der Waals surface area contributed by atoms with Crippen LogP contribution in [-0.2, 0) is 19.5 Å². The van der Waals surface area contributed by atoms with E-state index in [0.29, 0.717) is 29.0 Å². The fraction of sp³-hybridized carbons (Fsp3) is 0.522. The molecule has 200 valence electrons. The lowest BCUT2D eigenvalue weighted by Crippen LogP contribution is -2.35. The minimum atomic E-state index is -4.05. The molecule has 14 heteroatoms. The number of nitrogens with one attached hydrogen (secondary N) is 1. The summed E-state index contributed by atoms with van der Waals surface area (Å²) in [4.78, 5) is 12.7. The topological polar surface area (TPSA) is 143 Å². The quantitative estimate of drug-likeness (QED) is 0.398. The molecule has 1 aliphatic rings. The smallest absolute Gasteiger partial charge is 0.240 e. The highest BCUT2D eigenvalue weighted by molar-refractivity contribution is 7.93. The van der Waals surface area contributed by atoms with Gasteiger partial charge in [-0.25, -0.2) is 23.4 Å². The largest absolute Gasteiger partial charge is 0.481 e. The highest BCUT2D eigenvalue weighted by atomic mass is 35.5. The second-order valence-corrected chi connectivity index (χ2v) is 11.2. The predicted octanol–water partition coefficient (Wildman–Crippen LogP) is 3.44. The molecule has 12 nitrogen and oxygen atoms in total. The predicted molar refractivity (Wildman–Crippen MR) is 137 cm³/mol. The highest BCUT2D eigenvalue weighted by Crippen LogP contribution is 2.32. The number of anilines is 1. The molecule has 1 aliphatic heterocycles. The van der Waals surface area contributed by atoms with Gasteiger partial charge >= 0.3 is 0 Å². The number of rotatable bonds is 10. The number of pyridine rings is 1. The first-order valence-electron chi connectivity index (χ1n) is 11.8. The minimum Gasteiger partial charge on any atom is -0.481 e. The van der Waals surface area contributed by atoms with E-state index in [0.717, 1.165) is 19.3 Å². The first-order valence-corrected chi connectivity index (χ1v) is 13.8. The van der Waals surface area contributed by atoms with Gasteiger partial charge in [-0.15, -0.1) is 10.2 Å². The maximum absolute atomic E-state index is 13.5. The van der Waals surface area contributed by atoms with Crippen molar-refractivity contribution in [2.45, 2.75) is 56.6 Å². The molecule has 0 aromatic carbocycles. The summed E-state index contributed by atoms with van der Waals surface area (Å²) in [5, 5.41) is 7.75. The molecule has 1 N–H and O–H groups in total. The van der Waals surface area contributed by atoms with Crippen molar-refractivity contribution in [2.24, 2.45) is 0 Å².